The molecule has 0 bridgehead atoms. The van der Waals surface area contributed by atoms with Gasteiger partial charge in [0.1, 0.15) is 0 Å². The first-order chi connectivity index (χ1) is 9.34. The molecular weight excluding hydrogens is 256 g/mol. The second-order valence-corrected chi connectivity index (χ2v) is 6.92. The number of hydrogen-bond acceptors (Lipinski definition) is 4. The molecule has 0 unspecified atom stereocenters. The van der Waals surface area contributed by atoms with Gasteiger partial charge in [0.2, 0.25) is 0 Å². The quantitative estimate of drug-likeness (QED) is 0.577. The Bertz CT molecular complexity index is 295. The second kappa shape index (κ2) is 7.99. The van der Waals surface area contributed by atoms with Crippen molar-refractivity contribution in [3.8, 4) is 0 Å². The van der Waals surface area contributed by atoms with Crippen LogP contribution in [0.3, 0.4) is 0 Å². The molecule has 0 aromatic rings. The molecule has 0 aromatic heterocycles. The molecule has 20 heavy (non-hydrogen) atoms. The highest BCUT2D eigenvalue weighted by Crippen LogP contribution is 2.33. The number of rotatable bonds is 7. The fourth-order valence-electron chi connectivity index (χ4n) is 2.47. The summed E-state index contributed by atoms with van der Waals surface area (Å²) in [5.74, 6) is 0.345. The van der Waals surface area contributed by atoms with E-state index in [0.717, 1.165) is 25.9 Å². The molecule has 0 heterocycles. The molecule has 1 fully saturated rings. The first kappa shape index (κ1) is 17.4. The molecule has 0 spiro atoms. The predicted octanol–water partition coefficient (Wildman–Crippen LogP) is 2.78. The van der Waals surface area contributed by atoms with Crippen LogP contribution in [0.15, 0.2) is 0 Å². The normalized spacial score (nSPS) is 26.8. The van der Waals surface area contributed by atoms with Crippen LogP contribution in [-0.2, 0) is 14.3 Å². The fraction of sp³-hybridized carbons (Fsp3) is 0.938. The highest BCUT2D eigenvalue weighted by atomic mass is 16.5. The number of aliphatic hydroxyl groups excluding tert-OH is 1. The van der Waals surface area contributed by atoms with E-state index in [2.05, 4.69) is 6.92 Å². The van der Waals surface area contributed by atoms with E-state index in [1.807, 2.05) is 20.8 Å². The molecule has 4 heteroatoms. The van der Waals surface area contributed by atoms with Gasteiger partial charge in [-0.25, -0.2) is 0 Å². The number of carbonyl (C=O) groups is 1. The van der Waals surface area contributed by atoms with E-state index in [-0.39, 0.29) is 18.0 Å². The fourth-order valence-corrected chi connectivity index (χ4v) is 2.47. The number of carbonyl (C=O) groups excluding carboxylic acids is 1. The summed E-state index contributed by atoms with van der Waals surface area (Å²) >= 11 is 0. The summed E-state index contributed by atoms with van der Waals surface area (Å²) in [6.07, 6.45) is 3.37. The van der Waals surface area contributed by atoms with Gasteiger partial charge in [-0.05, 0) is 46.0 Å². The lowest BCUT2D eigenvalue weighted by Crippen LogP contribution is -2.27. The van der Waals surface area contributed by atoms with Gasteiger partial charge in [-0.2, -0.15) is 0 Å². The number of esters is 1. The minimum absolute atomic E-state index is 0.176. The molecule has 3 atom stereocenters. The van der Waals surface area contributed by atoms with Crippen molar-refractivity contribution >= 4 is 5.97 Å². The summed E-state index contributed by atoms with van der Waals surface area (Å²) in [7, 11) is 0. The van der Waals surface area contributed by atoms with Crippen LogP contribution in [0, 0.1) is 17.3 Å². The molecule has 0 aromatic carbocycles. The summed E-state index contributed by atoms with van der Waals surface area (Å²) in [4.78, 5) is 11.8. The first-order valence-corrected chi connectivity index (χ1v) is 7.77. The average Bonchev–Trinajstić information content (AvgIpc) is 2.71. The van der Waals surface area contributed by atoms with Gasteiger partial charge < -0.3 is 14.6 Å². The molecule has 1 aliphatic rings. The van der Waals surface area contributed by atoms with E-state index >= 15 is 0 Å². The Hall–Kier alpha value is -0.610. The highest BCUT2D eigenvalue weighted by Gasteiger charge is 2.35. The van der Waals surface area contributed by atoms with Gasteiger partial charge in [0, 0.05) is 19.1 Å². The van der Waals surface area contributed by atoms with Gasteiger partial charge in [0.25, 0.3) is 0 Å². The Balaban J connectivity index is 2.36. The summed E-state index contributed by atoms with van der Waals surface area (Å²) in [6.45, 7) is 9.53. The summed E-state index contributed by atoms with van der Waals surface area (Å²) < 4.78 is 11.0. The second-order valence-electron chi connectivity index (χ2n) is 6.92. The number of unbranched alkanes of at least 4 members (excludes halogenated alkanes) is 1. The molecule has 0 saturated heterocycles. The van der Waals surface area contributed by atoms with Crippen LogP contribution >= 0.6 is 0 Å². The Morgan fingerprint density at radius 3 is 2.35 bits per heavy atom. The van der Waals surface area contributed by atoms with Gasteiger partial charge in [0.15, 0.2) is 0 Å². The monoisotopic (exact) mass is 286 g/mol. The molecule has 0 radical (unpaired) electrons. The van der Waals surface area contributed by atoms with Crippen molar-refractivity contribution in [2.45, 2.75) is 59.5 Å². The Labute approximate surface area is 122 Å². The van der Waals surface area contributed by atoms with Crippen molar-refractivity contribution in [3.63, 3.8) is 0 Å². The zero-order valence-electron chi connectivity index (χ0n) is 13.4. The minimum Gasteiger partial charge on any atom is -0.465 e. The molecule has 118 valence electrons. The van der Waals surface area contributed by atoms with E-state index in [4.69, 9.17) is 9.47 Å². The maximum Gasteiger partial charge on any atom is 0.311 e. The average molecular weight is 286 g/mol. The third-order valence-corrected chi connectivity index (χ3v) is 3.83. The van der Waals surface area contributed by atoms with Gasteiger partial charge >= 0.3 is 5.97 Å². The Morgan fingerprint density at radius 1 is 1.20 bits per heavy atom. The minimum atomic E-state index is -0.468. The maximum absolute atomic E-state index is 11.8. The van der Waals surface area contributed by atoms with Crippen molar-refractivity contribution in [1.82, 2.24) is 0 Å². The third-order valence-electron chi connectivity index (χ3n) is 3.83. The van der Waals surface area contributed by atoms with Crippen molar-refractivity contribution in [1.29, 1.82) is 0 Å². The predicted molar refractivity (Wildman–Crippen MR) is 78.4 cm³/mol. The lowest BCUT2D eigenvalue weighted by atomic mass is 9.96. The standard InChI is InChI=1S/C16H30O4/c1-5-6-7-19-10-12-8-14(17)9-13(12)11-20-15(18)16(2,3)4/h12-14,17H,5-11H2,1-4H3/t12-,13-,14-/m1/s1. The number of aliphatic hydroxyl groups is 1. The van der Waals surface area contributed by atoms with E-state index in [9.17, 15) is 9.90 Å². The third kappa shape index (κ3) is 5.80. The SMILES string of the molecule is CCCCOC[C@H]1C[C@@H](O)C[C@@H]1COC(=O)C(C)(C)C. The lowest BCUT2D eigenvalue weighted by Gasteiger charge is -2.22. The molecule has 1 rings (SSSR count). The topological polar surface area (TPSA) is 55.8 Å². The Kier molecular flexibility index (Phi) is 6.96. The smallest absolute Gasteiger partial charge is 0.311 e. The van der Waals surface area contributed by atoms with Crippen LogP contribution in [0.1, 0.15) is 53.4 Å². The summed E-state index contributed by atoms with van der Waals surface area (Å²) in [6, 6.07) is 0. The van der Waals surface area contributed by atoms with Crippen molar-refractivity contribution in [2.75, 3.05) is 19.8 Å². The highest BCUT2D eigenvalue weighted by molar-refractivity contribution is 5.75. The zero-order chi connectivity index (χ0) is 15.2. The van der Waals surface area contributed by atoms with Gasteiger partial charge in [0.05, 0.1) is 18.1 Å². The van der Waals surface area contributed by atoms with Crippen LogP contribution in [-0.4, -0.2) is 37.0 Å². The maximum atomic E-state index is 11.8. The molecule has 1 aliphatic carbocycles. The van der Waals surface area contributed by atoms with Crippen LogP contribution in [0.4, 0.5) is 0 Å². The lowest BCUT2D eigenvalue weighted by molar-refractivity contribution is -0.155. The van der Waals surface area contributed by atoms with E-state index in [1.165, 1.54) is 0 Å². The Morgan fingerprint density at radius 2 is 1.80 bits per heavy atom. The number of hydrogen-bond donors (Lipinski definition) is 1. The zero-order valence-corrected chi connectivity index (χ0v) is 13.4. The van der Waals surface area contributed by atoms with Crippen LogP contribution in [0.2, 0.25) is 0 Å². The van der Waals surface area contributed by atoms with Crippen LogP contribution in [0.5, 0.6) is 0 Å². The molecular formula is C16H30O4. The molecule has 1 N–H and O–H groups in total. The molecule has 4 nitrogen and oxygen atoms in total. The summed E-state index contributed by atoms with van der Waals surface area (Å²) in [5, 5.41) is 9.80. The van der Waals surface area contributed by atoms with Crippen molar-refractivity contribution in [3.05, 3.63) is 0 Å². The summed E-state index contributed by atoms with van der Waals surface area (Å²) in [5.41, 5.74) is -0.468. The first-order valence-electron chi connectivity index (χ1n) is 7.77. The van der Waals surface area contributed by atoms with E-state index < -0.39 is 5.41 Å². The van der Waals surface area contributed by atoms with Crippen LogP contribution in [0.25, 0.3) is 0 Å². The van der Waals surface area contributed by atoms with Gasteiger partial charge in [-0.1, -0.05) is 13.3 Å². The molecule has 1 saturated carbocycles. The molecule has 0 amide bonds. The van der Waals surface area contributed by atoms with Crippen molar-refractivity contribution < 1.29 is 19.4 Å². The van der Waals surface area contributed by atoms with Crippen LogP contribution < -0.4 is 0 Å². The van der Waals surface area contributed by atoms with Gasteiger partial charge in [-0.15, -0.1) is 0 Å². The van der Waals surface area contributed by atoms with E-state index in [0.29, 0.717) is 25.6 Å². The van der Waals surface area contributed by atoms with E-state index in [1.54, 1.807) is 0 Å². The largest absolute Gasteiger partial charge is 0.465 e. The van der Waals surface area contributed by atoms with Crippen molar-refractivity contribution in [2.24, 2.45) is 17.3 Å². The molecule has 0 aliphatic heterocycles. The number of ether oxygens (including phenoxy) is 2. The van der Waals surface area contributed by atoms with Gasteiger partial charge in [-0.3, -0.25) is 4.79 Å².